The minimum Gasteiger partial charge on any atom is -0.467 e. The molecule has 0 fully saturated rings. The Bertz CT molecular complexity index is 430. The molecular formula is C12H14ClNOS. The monoisotopic (exact) mass is 255 g/mol. The molecule has 0 radical (unpaired) electrons. The maximum Gasteiger partial charge on any atom is 0.126 e. The van der Waals surface area contributed by atoms with Crippen LogP contribution in [0.2, 0.25) is 4.34 Å². The van der Waals surface area contributed by atoms with Crippen molar-refractivity contribution < 1.29 is 4.42 Å². The van der Waals surface area contributed by atoms with Crippen LogP contribution in [0.1, 0.15) is 29.2 Å². The molecule has 0 aliphatic carbocycles. The summed E-state index contributed by atoms with van der Waals surface area (Å²) < 4.78 is 6.30. The third-order valence-corrected chi connectivity index (χ3v) is 4.02. The van der Waals surface area contributed by atoms with Crippen molar-refractivity contribution in [1.82, 2.24) is 5.32 Å². The highest BCUT2D eigenvalue weighted by atomic mass is 35.5. The van der Waals surface area contributed by atoms with E-state index in [4.69, 9.17) is 16.0 Å². The van der Waals surface area contributed by atoms with Gasteiger partial charge in [-0.15, -0.1) is 11.3 Å². The number of thiophene rings is 1. The van der Waals surface area contributed by atoms with E-state index in [1.807, 2.05) is 19.1 Å². The lowest BCUT2D eigenvalue weighted by Gasteiger charge is -2.13. The highest BCUT2D eigenvalue weighted by Gasteiger charge is 2.18. The summed E-state index contributed by atoms with van der Waals surface area (Å²) in [5.74, 6) is 0.930. The van der Waals surface area contributed by atoms with E-state index in [1.54, 1.807) is 17.6 Å². The van der Waals surface area contributed by atoms with Gasteiger partial charge in [0.2, 0.25) is 0 Å². The zero-order valence-electron chi connectivity index (χ0n) is 9.29. The van der Waals surface area contributed by atoms with E-state index in [0.717, 1.165) is 22.2 Å². The highest BCUT2D eigenvalue weighted by Crippen LogP contribution is 2.34. The van der Waals surface area contributed by atoms with Crippen LogP contribution >= 0.6 is 22.9 Å². The van der Waals surface area contributed by atoms with Crippen molar-refractivity contribution in [2.75, 3.05) is 6.54 Å². The molecule has 1 atom stereocenters. The number of furan rings is 1. The van der Waals surface area contributed by atoms with Crippen LogP contribution in [0, 0.1) is 6.92 Å². The summed E-state index contributed by atoms with van der Waals surface area (Å²) in [6, 6.07) is 6.11. The molecule has 16 heavy (non-hydrogen) atoms. The van der Waals surface area contributed by atoms with Gasteiger partial charge >= 0.3 is 0 Å². The summed E-state index contributed by atoms with van der Waals surface area (Å²) in [5.41, 5.74) is 1.12. The van der Waals surface area contributed by atoms with Crippen LogP contribution in [0.3, 0.4) is 0 Å². The molecule has 0 aliphatic heterocycles. The molecule has 0 saturated carbocycles. The van der Waals surface area contributed by atoms with E-state index in [0.29, 0.717) is 0 Å². The average Bonchev–Trinajstić information content (AvgIpc) is 2.86. The Kier molecular flexibility index (Phi) is 3.69. The fourth-order valence-corrected chi connectivity index (χ4v) is 2.93. The van der Waals surface area contributed by atoms with E-state index in [-0.39, 0.29) is 6.04 Å². The molecule has 2 rings (SSSR count). The average molecular weight is 256 g/mol. The van der Waals surface area contributed by atoms with Gasteiger partial charge in [0, 0.05) is 4.88 Å². The molecule has 0 saturated heterocycles. The second kappa shape index (κ2) is 5.04. The Hall–Kier alpha value is -0.770. The lowest BCUT2D eigenvalue weighted by Crippen LogP contribution is -2.20. The van der Waals surface area contributed by atoms with Gasteiger partial charge in [0.25, 0.3) is 0 Å². The molecule has 1 unspecified atom stereocenters. The number of halogens is 1. The third kappa shape index (κ3) is 2.32. The van der Waals surface area contributed by atoms with Crippen molar-refractivity contribution in [3.63, 3.8) is 0 Å². The van der Waals surface area contributed by atoms with E-state index in [9.17, 15) is 0 Å². The molecule has 0 aliphatic rings. The minimum absolute atomic E-state index is 0.108. The van der Waals surface area contributed by atoms with Gasteiger partial charge in [-0.3, -0.25) is 0 Å². The van der Waals surface area contributed by atoms with Crippen molar-refractivity contribution in [3.05, 3.63) is 45.0 Å². The maximum absolute atomic E-state index is 6.10. The van der Waals surface area contributed by atoms with Gasteiger partial charge in [-0.2, -0.15) is 0 Å². The summed E-state index contributed by atoms with van der Waals surface area (Å²) in [5, 5.41) is 3.40. The predicted molar refractivity (Wildman–Crippen MR) is 68.3 cm³/mol. The van der Waals surface area contributed by atoms with Crippen LogP contribution in [0.25, 0.3) is 0 Å². The van der Waals surface area contributed by atoms with Crippen LogP contribution in [0.15, 0.2) is 28.9 Å². The number of rotatable bonds is 4. The van der Waals surface area contributed by atoms with Gasteiger partial charge in [0.1, 0.15) is 11.8 Å². The number of nitrogens with one attached hydrogen (secondary N) is 1. The summed E-state index contributed by atoms with van der Waals surface area (Å²) in [7, 11) is 0. The van der Waals surface area contributed by atoms with Gasteiger partial charge in [0.15, 0.2) is 0 Å². The summed E-state index contributed by atoms with van der Waals surface area (Å²) in [6.07, 6.45) is 1.70. The Balaban J connectivity index is 2.32. The van der Waals surface area contributed by atoms with Gasteiger partial charge in [-0.1, -0.05) is 18.5 Å². The molecule has 2 aromatic rings. The first-order chi connectivity index (χ1) is 7.72. The molecule has 0 spiro atoms. The van der Waals surface area contributed by atoms with Crippen LogP contribution in [0.4, 0.5) is 0 Å². The topological polar surface area (TPSA) is 25.2 Å². The SMILES string of the molecule is CCNC(c1ccco1)c1cc(C)c(Cl)s1. The van der Waals surface area contributed by atoms with Crippen LogP contribution in [0.5, 0.6) is 0 Å². The Labute approximate surface area is 104 Å². The largest absolute Gasteiger partial charge is 0.467 e. The molecular weight excluding hydrogens is 242 g/mol. The summed E-state index contributed by atoms with van der Waals surface area (Å²) in [4.78, 5) is 1.19. The Morgan fingerprint density at radius 3 is 2.88 bits per heavy atom. The molecule has 0 amide bonds. The van der Waals surface area contributed by atoms with Crippen molar-refractivity contribution >= 4 is 22.9 Å². The van der Waals surface area contributed by atoms with Gasteiger partial charge in [-0.25, -0.2) is 0 Å². The normalized spacial score (nSPS) is 12.9. The van der Waals surface area contributed by atoms with Crippen LogP contribution in [-0.4, -0.2) is 6.54 Å². The highest BCUT2D eigenvalue weighted by molar-refractivity contribution is 7.16. The van der Waals surface area contributed by atoms with Gasteiger partial charge < -0.3 is 9.73 Å². The first-order valence-corrected chi connectivity index (χ1v) is 6.44. The lowest BCUT2D eigenvalue weighted by atomic mass is 10.1. The van der Waals surface area contributed by atoms with Gasteiger partial charge in [0.05, 0.1) is 10.6 Å². The number of hydrogen-bond donors (Lipinski definition) is 1. The van der Waals surface area contributed by atoms with Gasteiger partial charge in [-0.05, 0) is 37.2 Å². The van der Waals surface area contributed by atoms with E-state index in [2.05, 4.69) is 18.3 Å². The zero-order chi connectivity index (χ0) is 11.5. The smallest absolute Gasteiger partial charge is 0.126 e. The predicted octanol–water partition coefficient (Wildman–Crippen LogP) is 4.00. The van der Waals surface area contributed by atoms with Crippen molar-refractivity contribution in [3.8, 4) is 0 Å². The molecule has 4 heteroatoms. The van der Waals surface area contributed by atoms with E-state index >= 15 is 0 Å². The Morgan fingerprint density at radius 2 is 2.38 bits per heavy atom. The first kappa shape index (κ1) is 11.7. The third-order valence-electron chi connectivity index (χ3n) is 2.40. The summed E-state index contributed by atoms with van der Waals surface area (Å²) >= 11 is 7.70. The Morgan fingerprint density at radius 1 is 1.56 bits per heavy atom. The van der Waals surface area contributed by atoms with Crippen LogP contribution in [-0.2, 0) is 0 Å². The molecule has 2 aromatic heterocycles. The molecule has 2 heterocycles. The molecule has 86 valence electrons. The lowest BCUT2D eigenvalue weighted by molar-refractivity contribution is 0.455. The molecule has 0 aromatic carbocycles. The fourth-order valence-electron chi connectivity index (χ4n) is 1.63. The number of aryl methyl sites for hydroxylation is 1. The first-order valence-electron chi connectivity index (χ1n) is 5.25. The fraction of sp³-hybridized carbons (Fsp3) is 0.333. The standard InChI is InChI=1S/C12H14ClNOS/c1-3-14-11(9-5-4-6-15-9)10-7-8(2)12(13)16-10/h4-7,11,14H,3H2,1-2H3. The van der Waals surface area contributed by atoms with Crippen molar-refractivity contribution in [2.45, 2.75) is 19.9 Å². The number of hydrogen-bond acceptors (Lipinski definition) is 3. The minimum atomic E-state index is 0.108. The molecule has 2 nitrogen and oxygen atoms in total. The van der Waals surface area contributed by atoms with Crippen LogP contribution < -0.4 is 5.32 Å². The molecule has 1 N–H and O–H groups in total. The zero-order valence-corrected chi connectivity index (χ0v) is 10.9. The quantitative estimate of drug-likeness (QED) is 0.893. The van der Waals surface area contributed by atoms with Crippen molar-refractivity contribution in [1.29, 1.82) is 0 Å². The maximum atomic E-state index is 6.10. The second-order valence-electron chi connectivity index (χ2n) is 3.61. The van der Waals surface area contributed by atoms with E-state index < -0.39 is 0 Å². The van der Waals surface area contributed by atoms with E-state index in [1.165, 1.54) is 4.88 Å². The second-order valence-corrected chi connectivity index (χ2v) is 5.30. The molecule has 0 bridgehead atoms. The summed E-state index contributed by atoms with van der Waals surface area (Å²) in [6.45, 7) is 4.99. The van der Waals surface area contributed by atoms with Crippen molar-refractivity contribution in [2.24, 2.45) is 0 Å².